The minimum absolute atomic E-state index is 0. The molecule has 1 aliphatic rings. The normalized spacial score (nSPS) is 14.8. The molecular formula is C24H39CrNO3Si2. The van der Waals surface area contributed by atoms with E-state index in [1.807, 2.05) is 0 Å². The van der Waals surface area contributed by atoms with Crippen LogP contribution in [-0.4, -0.2) is 22.4 Å². The summed E-state index contributed by atoms with van der Waals surface area (Å²) in [6, 6.07) is 7.83. The van der Waals surface area contributed by atoms with Crippen molar-refractivity contribution in [1.82, 2.24) is 0 Å². The van der Waals surface area contributed by atoms with Crippen LogP contribution in [0.25, 0.3) is 0 Å². The molecule has 1 unspecified atom stereocenters. The van der Waals surface area contributed by atoms with Crippen molar-refractivity contribution in [2.45, 2.75) is 97.2 Å². The molecule has 2 rings (SSSR count). The van der Waals surface area contributed by atoms with E-state index in [1.54, 1.807) is 16.4 Å². The van der Waals surface area contributed by atoms with Gasteiger partial charge in [-0.2, -0.15) is 0 Å². The van der Waals surface area contributed by atoms with E-state index < -0.39 is 16.3 Å². The average molecular weight is 498 g/mol. The zero-order valence-corrected chi connectivity index (χ0v) is 24.1. The number of fused-ring (bicyclic) bond motifs is 1. The van der Waals surface area contributed by atoms with E-state index in [0.29, 0.717) is 6.04 Å². The van der Waals surface area contributed by atoms with Gasteiger partial charge in [-0.15, -0.1) is 0 Å². The molecule has 172 valence electrons. The van der Waals surface area contributed by atoms with Crippen LogP contribution in [0.3, 0.4) is 0 Å². The van der Waals surface area contributed by atoms with Crippen LogP contribution < -0.4 is 9.75 Å². The van der Waals surface area contributed by atoms with E-state index >= 15 is 0 Å². The number of rotatable bonds is 5. The van der Waals surface area contributed by atoms with Gasteiger partial charge in [-0.3, -0.25) is 0 Å². The predicted octanol–water partition coefficient (Wildman–Crippen LogP) is 6.04. The second kappa shape index (κ2) is 15.1. The maximum absolute atomic E-state index is 7.50. The van der Waals surface area contributed by atoms with Crippen LogP contribution in [-0.2, 0) is 37.7 Å². The molecule has 1 aliphatic heterocycles. The fraction of sp³-hybridized carbons (Fsp3) is 0.625. The smallest absolute Gasteiger partial charge is 0 e. The Bertz CT molecular complexity index is 686. The number of hydrogen-bond donors (Lipinski definition) is 0. The summed E-state index contributed by atoms with van der Waals surface area (Å²) in [5.74, 6) is 0. The fourth-order valence-corrected chi connectivity index (χ4v) is 14.6. The third-order valence-electron chi connectivity index (χ3n) is 6.35. The van der Waals surface area contributed by atoms with Crippen LogP contribution in [0, 0.1) is 20.0 Å². The van der Waals surface area contributed by atoms with Crippen molar-refractivity contribution in [3.63, 3.8) is 0 Å². The SMILES string of the molecule is CC1Cc2c(cccc2[Si](C)(C)C)N1[Si](C(C)C)(C(C)C)C(C)C.[C-]#[O+].[C-]#[O+].[C-]#[O+].[Cr]. The average Bonchev–Trinajstić information content (AvgIpc) is 3.02. The molecule has 1 atom stereocenters. The van der Waals surface area contributed by atoms with Gasteiger partial charge in [0.15, 0.2) is 8.24 Å². The Balaban J connectivity index is -0.00000103. The molecule has 1 aromatic carbocycles. The van der Waals surface area contributed by atoms with Crippen LogP contribution in [0.2, 0.25) is 36.3 Å². The van der Waals surface area contributed by atoms with Crippen LogP contribution in [0.1, 0.15) is 54.0 Å². The summed E-state index contributed by atoms with van der Waals surface area (Å²) in [6.45, 7) is 38.4. The van der Waals surface area contributed by atoms with Gasteiger partial charge in [0.25, 0.3) is 0 Å². The molecular weight excluding hydrogens is 458 g/mol. The van der Waals surface area contributed by atoms with Gasteiger partial charge in [0.1, 0.15) is 0 Å². The molecule has 0 saturated carbocycles. The van der Waals surface area contributed by atoms with Gasteiger partial charge in [-0.1, -0.05) is 78.5 Å². The largest absolute Gasteiger partial charge is 0 e. The van der Waals surface area contributed by atoms with Crippen LogP contribution >= 0.6 is 0 Å². The van der Waals surface area contributed by atoms with E-state index in [-0.39, 0.29) is 17.4 Å². The Hall–Kier alpha value is -0.794. The summed E-state index contributed by atoms with van der Waals surface area (Å²) in [5.41, 5.74) is 5.57. The summed E-state index contributed by atoms with van der Waals surface area (Å²) in [7, 11) is -2.94. The molecule has 31 heavy (non-hydrogen) atoms. The molecule has 0 aromatic heterocycles. The minimum Gasteiger partial charge on any atom is 0 e. The molecule has 0 saturated heterocycles. The monoisotopic (exact) mass is 497 g/mol. The second-order valence-electron chi connectivity index (χ2n) is 9.83. The predicted molar refractivity (Wildman–Crippen MR) is 128 cm³/mol. The third-order valence-corrected chi connectivity index (χ3v) is 15.5. The molecule has 0 amide bonds. The van der Waals surface area contributed by atoms with Gasteiger partial charge >= 0.3 is 33.9 Å². The van der Waals surface area contributed by atoms with Crippen molar-refractivity contribution in [2.75, 3.05) is 4.57 Å². The molecule has 7 heteroatoms. The Labute approximate surface area is 203 Å². The number of benzene rings is 1. The Morgan fingerprint density at radius 1 is 0.839 bits per heavy atom. The quantitative estimate of drug-likeness (QED) is 0.278. The van der Waals surface area contributed by atoms with Crippen molar-refractivity contribution >= 4 is 27.2 Å². The van der Waals surface area contributed by atoms with Crippen LogP contribution in [0.4, 0.5) is 5.69 Å². The Morgan fingerprint density at radius 2 is 1.23 bits per heavy atom. The molecule has 0 spiro atoms. The van der Waals surface area contributed by atoms with Gasteiger partial charge in [0, 0.05) is 29.1 Å². The molecule has 1 aromatic rings. The summed E-state index contributed by atoms with van der Waals surface area (Å²) >= 11 is 0. The van der Waals surface area contributed by atoms with E-state index in [9.17, 15) is 0 Å². The number of anilines is 1. The van der Waals surface area contributed by atoms with Crippen molar-refractivity contribution in [1.29, 1.82) is 0 Å². The third kappa shape index (κ3) is 7.09. The Kier molecular flexibility index (Phi) is 17.0. The number of hydrogen-bond acceptors (Lipinski definition) is 1. The molecule has 0 fully saturated rings. The summed E-state index contributed by atoms with van der Waals surface area (Å²) in [4.78, 5) is 0. The number of nitrogens with zero attached hydrogens (tertiary/aromatic N) is 1. The molecule has 0 radical (unpaired) electrons. The van der Waals surface area contributed by atoms with E-state index in [1.165, 1.54) is 6.42 Å². The maximum Gasteiger partial charge on any atom is 0 e. The zero-order chi connectivity index (χ0) is 24.4. The summed E-state index contributed by atoms with van der Waals surface area (Å²) in [5, 5.41) is 1.69. The van der Waals surface area contributed by atoms with Gasteiger partial charge in [0.05, 0.1) is 8.07 Å². The zero-order valence-electron chi connectivity index (χ0n) is 20.8. The van der Waals surface area contributed by atoms with Gasteiger partial charge in [-0.25, -0.2) is 0 Å². The first-order valence-corrected chi connectivity index (χ1v) is 16.2. The first-order valence-electron chi connectivity index (χ1n) is 10.5. The second-order valence-corrected chi connectivity index (χ2v) is 20.6. The van der Waals surface area contributed by atoms with E-state index in [4.69, 9.17) is 14.0 Å². The van der Waals surface area contributed by atoms with Crippen molar-refractivity contribution < 1.29 is 31.3 Å². The maximum atomic E-state index is 7.50. The fourth-order valence-electron chi connectivity index (χ4n) is 5.77. The molecule has 1 heterocycles. The first-order chi connectivity index (χ1) is 14.0. The summed E-state index contributed by atoms with van der Waals surface area (Å²) in [6.07, 6.45) is 1.25. The van der Waals surface area contributed by atoms with Crippen molar-refractivity contribution in [3.8, 4) is 0 Å². The van der Waals surface area contributed by atoms with Gasteiger partial charge < -0.3 is 4.57 Å². The van der Waals surface area contributed by atoms with E-state index in [0.717, 1.165) is 16.6 Å². The standard InChI is InChI=1S/C21H39NSi2.3CO.Cr/c1-15(2)24(16(3)4,17(5)6)22-18(7)14-19-20(22)12-11-13-21(19)23(8,9)10;3*1-2;/h11-13,15-18H,14H2,1-10H3;;;;. The van der Waals surface area contributed by atoms with Crippen molar-refractivity contribution in [2.24, 2.45) is 0 Å². The topological polar surface area (TPSA) is 62.9 Å². The molecule has 4 nitrogen and oxygen atoms in total. The van der Waals surface area contributed by atoms with Crippen molar-refractivity contribution in [3.05, 3.63) is 43.7 Å². The Morgan fingerprint density at radius 3 is 1.55 bits per heavy atom. The molecule has 0 aliphatic carbocycles. The van der Waals surface area contributed by atoms with Gasteiger partial charge in [-0.05, 0) is 41.6 Å². The minimum atomic E-state index is -1.64. The van der Waals surface area contributed by atoms with E-state index in [2.05, 4.69) is 111 Å². The van der Waals surface area contributed by atoms with Crippen LogP contribution in [0.5, 0.6) is 0 Å². The summed E-state index contributed by atoms with van der Waals surface area (Å²) < 4.78 is 25.5. The first kappa shape index (κ1) is 34.8. The molecule has 0 bridgehead atoms. The molecule has 0 N–H and O–H groups in total. The van der Waals surface area contributed by atoms with Crippen LogP contribution in [0.15, 0.2) is 18.2 Å². The van der Waals surface area contributed by atoms with Gasteiger partial charge in [0.2, 0.25) is 0 Å².